The smallest absolute Gasteiger partial charge is 0.132 e. The summed E-state index contributed by atoms with van der Waals surface area (Å²) < 4.78 is 0. The maximum absolute atomic E-state index is 8.91. The van der Waals surface area contributed by atoms with E-state index in [0.717, 1.165) is 5.56 Å². The third kappa shape index (κ3) is 3.55. The van der Waals surface area contributed by atoms with Crippen molar-refractivity contribution in [3.8, 4) is 6.07 Å². The van der Waals surface area contributed by atoms with Crippen LogP contribution in [-0.4, -0.2) is 4.98 Å². The SMILES string of the molecule is CC(Nc1cc(C#N)cc(Cl)n1)c1ccc(Cl)cc1Cl. The molecule has 1 unspecified atom stereocenters. The summed E-state index contributed by atoms with van der Waals surface area (Å²) in [5.74, 6) is 0.521. The number of hydrogen-bond donors (Lipinski definition) is 1. The third-order valence-corrected chi connectivity index (χ3v) is 3.47. The number of hydrogen-bond acceptors (Lipinski definition) is 3. The van der Waals surface area contributed by atoms with Gasteiger partial charge in [0.25, 0.3) is 0 Å². The Bertz CT molecular complexity index is 680. The van der Waals surface area contributed by atoms with Crippen LogP contribution in [0.25, 0.3) is 0 Å². The molecular weight excluding hydrogens is 317 g/mol. The molecule has 6 heteroatoms. The van der Waals surface area contributed by atoms with Gasteiger partial charge in [-0.1, -0.05) is 40.9 Å². The summed E-state index contributed by atoms with van der Waals surface area (Å²) in [6.07, 6.45) is 0. The topological polar surface area (TPSA) is 48.7 Å². The minimum atomic E-state index is -0.0997. The van der Waals surface area contributed by atoms with Gasteiger partial charge in [-0.15, -0.1) is 0 Å². The zero-order chi connectivity index (χ0) is 14.7. The van der Waals surface area contributed by atoms with E-state index in [9.17, 15) is 0 Å². The summed E-state index contributed by atoms with van der Waals surface area (Å²) >= 11 is 17.9. The Morgan fingerprint density at radius 1 is 1.20 bits per heavy atom. The van der Waals surface area contributed by atoms with Crippen LogP contribution in [0.5, 0.6) is 0 Å². The lowest BCUT2D eigenvalue weighted by molar-refractivity contribution is 0.875. The van der Waals surface area contributed by atoms with E-state index < -0.39 is 0 Å². The predicted molar refractivity (Wildman–Crippen MR) is 82.5 cm³/mol. The van der Waals surface area contributed by atoms with E-state index in [1.807, 2.05) is 19.1 Å². The predicted octanol–water partition coefficient (Wildman–Crippen LogP) is 5.09. The summed E-state index contributed by atoms with van der Waals surface area (Å²) in [5.41, 5.74) is 1.33. The molecule has 0 bridgehead atoms. The van der Waals surface area contributed by atoms with Gasteiger partial charge in [-0.2, -0.15) is 5.26 Å². The molecule has 102 valence electrons. The van der Waals surface area contributed by atoms with Crippen LogP contribution in [0.4, 0.5) is 5.82 Å². The number of anilines is 1. The van der Waals surface area contributed by atoms with Crippen molar-refractivity contribution >= 4 is 40.6 Å². The van der Waals surface area contributed by atoms with Crippen molar-refractivity contribution in [1.82, 2.24) is 4.98 Å². The number of pyridine rings is 1. The number of benzene rings is 1. The number of nitrogens with one attached hydrogen (secondary N) is 1. The highest BCUT2D eigenvalue weighted by Gasteiger charge is 2.11. The number of nitriles is 1. The van der Waals surface area contributed by atoms with E-state index in [1.54, 1.807) is 18.2 Å². The molecule has 0 fully saturated rings. The Hall–Kier alpha value is -1.47. The van der Waals surface area contributed by atoms with Gasteiger partial charge in [-0.05, 0) is 36.8 Å². The fourth-order valence-corrected chi connectivity index (χ4v) is 2.57. The molecule has 0 saturated heterocycles. The van der Waals surface area contributed by atoms with E-state index in [4.69, 9.17) is 40.1 Å². The number of halogens is 3. The van der Waals surface area contributed by atoms with Crippen molar-refractivity contribution in [3.05, 3.63) is 56.7 Å². The second-order valence-corrected chi connectivity index (χ2v) is 5.44. The van der Waals surface area contributed by atoms with Gasteiger partial charge in [-0.25, -0.2) is 4.98 Å². The van der Waals surface area contributed by atoms with E-state index in [1.165, 1.54) is 6.07 Å². The van der Waals surface area contributed by atoms with Gasteiger partial charge in [0.2, 0.25) is 0 Å². The molecule has 1 N–H and O–H groups in total. The van der Waals surface area contributed by atoms with Gasteiger partial charge in [0.15, 0.2) is 0 Å². The first-order valence-corrected chi connectivity index (χ1v) is 6.92. The van der Waals surface area contributed by atoms with Crippen molar-refractivity contribution in [3.63, 3.8) is 0 Å². The van der Waals surface area contributed by atoms with Crippen molar-refractivity contribution < 1.29 is 0 Å². The van der Waals surface area contributed by atoms with Crippen LogP contribution in [0, 0.1) is 11.3 Å². The molecule has 3 nitrogen and oxygen atoms in total. The van der Waals surface area contributed by atoms with Gasteiger partial charge in [0.1, 0.15) is 11.0 Å². The molecule has 0 amide bonds. The van der Waals surface area contributed by atoms with Crippen LogP contribution in [-0.2, 0) is 0 Å². The Morgan fingerprint density at radius 2 is 1.95 bits per heavy atom. The largest absolute Gasteiger partial charge is 0.363 e. The molecule has 20 heavy (non-hydrogen) atoms. The molecule has 0 spiro atoms. The molecule has 1 aromatic carbocycles. The molecule has 0 radical (unpaired) electrons. The molecule has 1 heterocycles. The molecular formula is C14H10Cl3N3. The first kappa shape index (κ1) is 14.9. The molecule has 0 aliphatic heterocycles. The van der Waals surface area contributed by atoms with E-state index in [0.29, 0.717) is 21.4 Å². The van der Waals surface area contributed by atoms with Crippen LogP contribution in [0.2, 0.25) is 15.2 Å². The number of aromatic nitrogens is 1. The lowest BCUT2D eigenvalue weighted by Gasteiger charge is -2.16. The Labute approximate surface area is 132 Å². The molecule has 0 saturated carbocycles. The standard InChI is InChI=1S/C14H10Cl3N3/c1-8(11-3-2-10(15)6-12(11)16)19-14-5-9(7-18)4-13(17)20-14/h2-6,8H,1H3,(H,19,20). The normalized spacial score (nSPS) is 11.8. The van der Waals surface area contributed by atoms with Gasteiger partial charge in [0, 0.05) is 10.0 Å². The summed E-state index contributed by atoms with van der Waals surface area (Å²) in [6.45, 7) is 1.93. The first-order valence-electron chi connectivity index (χ1n) is 5.79. The highest BCUT2D eigenvalue weighted by molar-refractivity contribution is 6.35. The Kier molecular flexibility index (Phi) is 4.72. The fourth-order valence-electron chi connectivity index (χ4n) is 1.79. The van der Waals surface area contributed by atoms with Crippen LogP contribution in [0.1, 0.15) is 24.1 Å². The molecule has 0 aliphatic carbocycles. The first-order chi connectivity index (χ1) is 9.49. The second-order valence-electron chi connectivity index (χ2n) is 4.21. The minimum absolute atomic E-state index is 0.0997. The Balaban J connectivity index is 2.25. The number of nitrogens with zero attached hydrogens (tertiary/aromatic N) is 2. The molecule has 0 aliphatic rings. The summed E-state index contributed by atoms with van der Waals surface area (Å²) in [6, 6.07) is 10.4. The maximum atomic E-state index is 8.91. The van der Waals surface area contributed by atoms with Gasteiger partial charge < -0.3 is 5.32 Å². The summed E-state index contributed by atoms with van der Waals surface area (Å²) in [5, 5.41) is 13.5. The van der Waals surface area contributed by atoms with Crippen molar-refractivity contribution in [1.29, 1.82) is 5.26 Å². The van der Waals surface area contributed by atoms with Gasteiger partial charge >= 0.3 is 0 Å². The summed E-state index contributed by atoms with van der Waals surface area (Å²) in [7, 11) is 0. The lowest BCUT2D eigenvalue weighted by atomic mass is 10.1. The monoisotopic (exact) mass is 325 g/mol. The lowest BCUT2D eigenvalue weighted by Crippen LogP contribution is -2.08. The summed E-state index contributed by atoms with van der Waals surface area (Å²) in [4.78, 5) is 4.13. The van der Waals surface area contributed by atoms with Crippen molar-refractivity contribution in [2.24, 2.45) is 0 Å². The van der Waals surface area contributed by atoms with Crippen LogP contribution in [0.15, 0.2) is 30.3 Å². The van der Waals surface area contributed by atoms with Crippen molar-refractivity contribution in [2.75, 3.05) is 5.32 Å². The third-order valence-electron chi connectivity index (χ3n) is 2.72. The van der Waals surface area contributed by atoms with E-state index in [-0.39, 0.29) is 11.2 Å². The second kappa shape index (κ2) is 6.32. The maximum Gasteiger partial charge on any atom is 0.132 e. The van der Waals surface area contributed by atoms with Gasteiger partial charge in [-0.3, -0.25) is 0 Å². The highest BCUT2D eigenvalue weighted by atomic mass is 35.5. The fraction of sp³-hybridized carbons (Fsp3) is 0.143. The Morgan fingerprint density at radius 3 is 2.60 bits per heavy atom. The number of rotatable bonds is 3. The average Bonchev–Trinajstić information content (AvgIpc) is 2.37. The van der Waals surface area contributed by atoms with Crippen LogP contribution >= 0.6 is 34.8 Å². The minimum Gasteiger partial charge on any atom is -0.363 e. The molecule has 1 aromatic heterocycles. The molecule has 2 aromatic rings. The average molecular weight is 327 g/mol. The van der Waals surface area contributed by atoms with E-state index in [2.05, 4.69) is 10.3 Å². The van der Waals surface area contributed by atoms with Gasteiger partial charge in [0.05, 0.1) is 17.7 Å². The molecule has 2 rings (SSSR count). The zero-order valence-electron chi connectivity index (χ0n) is 10.5. The molecule has 1 atom stereocenters. The van der Waals surface area contributed by atoms with Crippen LogP contribution < -0.4 is 5.32 Å². The quantitative estimate of drug-likeness (QED) is 0.799. The van der Waals surface area contributed by atoms with E-state index >= 15 is 0 Å². The highest BCUT2D eigenvalue weighted by Crippen LogP contribution is 2.28. The van der Waals surface area contributed by atoms with Crippen molar-refractivity contribution in [2.45, 2.75) is 13.0 Å². The van der Waals surface area contributed by atoms with Crippen LogP contribution in [0.3, 0.4) is 0 Å². The zero-order valence-corrected chi connectivity index (χ0v) is 12.8.